The molecule has 1 aromatic heterocycles. The predicted molar refractivity (Wildman–Crippen MR) is 94.2 cm³/mol. The molecule has 0 aliphatic heterocycles. The van der Waals surface area contributed by atoms with Gasteiger partial charge in [-0.25, -0.2) is 4.98 Å². The molecule has 1 heterocycles. The lowest BCUT2D eigenvalue weighted by molar-refractivity contribution is -0.274. The van der Waals surface area contributed by atoms with E-state index in [0.717, 1.165) is 25.7 Å². The molecule has 1 fully saturated rings. The quantitative estimate of drug-likeness (QED) is 0.796. The van der Waals surface area contributed by atoms with Gasteiger partial charge >= 0.3 is 6.36 Å². The Morgan fingerprint density at radius 3 is 2.65 bits per heavy atom. The van der Waals surface area contributed by atoms with Crippen LogP contribution < -0.4 is 10.1 Å². The van der Waals surface area contributed by atoms with Gasteiger partial charge in [0.2, 0.25) is 0 Å². The molecule has 3 rings (SSSR count). The van der Waals surface area contributed by atoms with Crippen LogP contribution in [0.5, 0.6) is 5.75 Å². The topological polar surface area (TPSA) is 54.4 Å². The largest absolute Gasteiger partial charge is 0.573 e. The van der Waals surface area contributed by atoms with Crippen molar-refractivity contribution in [3.63, 3.8) is 0 Å². The molecule has 1 aliphatic carbocycles. The fraction of sp³-hybridized carbons (Fsp3) is 0.526. The minimum absolute atomic E-state index is 0.0216. The zero-order valence-electron chi connectivity index (χ0n) is 14.6. The van der Waals surface area contributed by atoms with Crippen molar-refractivity contribution < 1.29 is 23.0 Å². The zero-order valence-corrected chi connectivity index (χ0v) is 14.6. The molecule has 0 amide bonds. The van der Waals surface area contributed by atoms with Crippen molar-refractivity contribution in [2.45, 2.75) is 51.4 Å². The number of aliphatic hydroxyl groups is 1. The van der Waals surface area contributed by atoms with Crippen molar-refractivity contribution in [3.8, 4) is 5.75 Å². The van der Waals surface area contributed by atoms with Crippen LogP contribution >= 0.6 is 0 Å². The summed E-state index contributed by atoms with van der Waals surface area (Å²) in [7, 11) is 0. The van der Waals surface area contributed by atoms with Crippen molar-refractivity contribution in [1.82, 2.24) is 4.98 Å². The van der Waals surface area contributed by atoms with Gasteiger partial charge in [-0.15, -0.1) is 13.2 Å². The first-order valence-corrected chi connectivity index (χ1v) is 8.91. The van der Waals surface area contributed by atoms with Gasteiger partial charge in [-0.2, -0.15) is 0 Å². The Hall–Kier alpha value is -2.02. The highest BCUT2D eigenvalue weighted by atomic mass is 19.4. The molecule has 142 valence electrons. The first kappa shape index (κ1) is 18.8. The molecule has 0 spiro atoms. The maximum atomic E-state index is 12.7. The summed E-state index contributed by atoms with van der Waals surface area (Å²) < 4.78 is 42.2. The molecule has 7 heteroatoms. The van der Waals surface area contributed by atoms with Crippen molar-refractivity contribution in [3.05, 3.63) is 30.0 Å². The molecule has 1 saturated carbocycles. The van der Waals surface area contributed by atoms with Gasteiger partial charge in [-0.05, 0) is 37.8 Å². The summed E-state index contributed by atoms with van der Waals surface area (Å²) in [5.41, 5.74) is 1.41. The fourth-order valence-electron chi connectivity index (χ4n) is 3.73. The van der Waals surface area contributed by atoms with Crippen LogP contribution in [-0.2, 0) is 0 Å². The highest BCUT2D eigenvalue weighted by molar-refractivity contribution is 5.95. The Bertz CT molecular complexity index is 758. The van der Waals surface area contributed by atoms with Gasteiger partial charge < -0.3 is 15.2 Å². The minimum atomic E-state index is -4.77. The van der Waals surface area contributed by atoms with Crippen molar-refractivity contribution in [2.24, 2.45) is 5.92 Å². The number of fused-ring (bicyclic) bond motifs is 1. The number of aliphatic hydroxyl groups excluding tert-OH is 1. The number of nitrogens with one attached hydrogen (secondary N) is 1. The summed E-state index contributed by atoms with van der Waals surface area (Å²) in [6, 6.07) is 6.15. The van der Waals surface area contributed by atoms with Crippen LogP contribution in [0.25, 0.3) is 10.9 Å². The van der Waals surface area contributed by atoms with E-state index >= 15 is 0 Å². The van der Waals surface area contributed by atoms with E-state index in [4.69, 9.17) is 0 Å². The number of hydrogen-bond acceptors (Lipinski definition) is 4. The number of pyridine rings is 1. The van der Waals surface area contributed by atoms with Crippen LogP contribution in [0.2, 0.25) is 0 Å². The van der Waals surface area contributed by atoms with E-state index in [-0.39, 0.29) is 23.9 Å². The number of anilines is 1. The van der Waals surface area contributed by atoms with Gasteiger partial charge in [0, 0.05) is 16.8 Å². The zero-order chi connectivity index (χ0) is 18.7. The van der Waals surface area contributed by atoms with E-state index in [0.29, 0.717) is 22.7 Å². The van der Waals surface area contributed by atoms with E-state index in [1.165, 1.54) is 18.6 Å². The fourth-order valence-corrected chi connectivity index (χ4v) is 3.73. The number of hydrogen-bond donors (Lipinski definition) is 2. The molecule has 2 N–H and O–H groups in total. The third-order valence-electron chi connectivity index (χ3n) is 4.91. The third-order valence-corrected chi connectivity index (χ3v) is 4.91. The number of para-hydroxylation sites is 1. The van der Waals surface area contributed by atoms with E-state index in [9.17, 15) is 18.3 Å². The molecule has 0 saturated heterocycles. The van der Waals surface area contributed by atoms with Gasteiger partial charge in [-0.1, -0.05) is 31.4 Å². The highest BCUT2D eigenvalue weighted by Gasteiger charge is 2.32. The number of nitrogens with zero attached hydrogens (tertiary/aromatic N) is 1. The smallest absolute Gasteiger partial charge is 0.403 e. The molecule has 1 aromatic carbocycles. The van der Waals surface area contributed by atoms with E-state index in [1.807, 2.05) is 0 Å². The molecule has 0 bridgehead atoms. The van der Waals surface area contributed by atoms with Gasteiger partial charge in [0.05, 0.1) is 12.6 Å². The van der Waals surface area contributed by atoms with E-state index in [2.05, 4.69) is 15.0 Å². The molecular formula is C19H23F3N2O2. The van der Waals surface area contributed by atoms with E-state index in [1.54, 1.807) is 19.1 Å². The summed E-state index contributed by atoms with van der Waals surface area (Å²) in [6.07, 6.45) is 0.809. The van der Waals surface area contributed by atoms with Crippen molar-refractivity contribution >= 4 is 16.6 Å². The Balaban J connectivity index is 1.96. The number of aromatic nitrogens is 1. The van der Waals surface area contributed by atoms with Crippen molar-refractivity contribution in [2.75, 3.05) is 11.9 Å². The Kier molecular flexibility index (Phi) is 5.55. The average molecular weight is 368 g/mol. The van der Waals surface area contributed by atoms with E-state index < -0.39 is 6.36 Å². The Morgan fingerprint density at radius 1 is 1.27 bits per heavy atom. The van der Waals surface area contributed by atoms with Crippen LogP contribution in [0, 0.1) is 12.8 Å². The summed E-state index contributed by atoms with van der Waals surface area (Å²) >= 11 is 0. The number of aryl methyl sites for hydroxylation is 1. The number of ether oxygens (including phenoxy) is 1. The summed E-state index contributed by atoms with van der Waals surface area (Å²) in [5.74, 6) is 0.0341. The number of halogens is 3. The maximum Gasteiger partial charge on any atom is 0.573 e. The molecule has 1 unspecified atom stereocenters. The Labute approximate surface area is 150 Å². The molecule has 1 atom stereocenters. The summed E-state index contributed by atoms with van der Waals surface area (Å²) in [6.45, 7) is 1.70. The molecule has 26 heavy (non-hydrogen) atoms. The normalized spacial score (nSPS) is 17.3. The van der Waals surface area contributed by atoms with Gasteiger partial charge in [0.25, 0.3) is 0 Å². The molecule has 2 aromatic rings. The third kappa shape index (κ3) is 4.38. The van der Waals surface area contributed by atoms with Crippen LogP contribution in [0.3, 0.4) is 0 Å². The predicted octanol–water partition coefficient (Wildman–Crippen LogP) is 4.79. The molecular weight excluding hydrogens is 345 g/mol. The first-order chi connectivity index (χ1) is 12.4. The summed E-state index contributed by atoms with van der Waals surface area (Å²) in [5, 5.41) is 13.7. The van der Waals surface area contributed by atoms with Gasteiger partial charge in [0.15, 0.2) is 5.75 Å². The lowest BCUT2D eigenvalue weighted by Crippen LogP contribution is -2.34. The van der Waals surface area contributed by atoms with Crippen molar-refractivity contribution in [1.29, 1.82) is 0 Å². The van der Waals surface area contributed by atoms with Gasteiger partial charge in [-0.3, -0.25) is 0 Å². The minimum Gasteiger partial charge on any atom is -0.403 e. The van der Waals surface area contributed by atoms with Crippen LogP contribution in [-0.4, -0.2) is 29.1 Å². The Morgan fingerprint density at radius 2 is 2.00 bits per heavy atom. The second kappa shape index (κ2) is 7.70. The number of benzene rings is 1. The maximum absolute atomic E-state index is 12.7. The average Bonchev–Trinajstić information content (AvgIpc) is 2.59. The number of rotatable bonds is 5. The molecule has 1 aliphatic rings. The standard InChI is InChI=1S/C19H23F3N2O2/c1-12-10-15(24-16(11-25)13-6-3-2-4-7-13)14-8-5-9-17(18(14)23-12)26-19(20,21)22/h5,8-10,13,16,25H,2-4,6-7,11H2,1H3,(H,23,24). The molecule has 0 radical (unpaired) electrons. The van der Waals surface area contributed by atoms with Crippen LogP contribution in [0.1, 0.15) is 37.8 Å². The second-order valence-electron chi connectivity index (χ2n) is 6.84. The monoisotopic (exact) mass is 368 g/mol. The molecule has 4 nitrogen and oxygen atoms in total. The number of alkyl halides is 3. The lowest BCUT2D eigenvalue weighted by Gasteiger charge is -2.30. The summed E-state index contributed by atoms with van der Waals surface area (Å²) in [4.78, 5) is 4.24. The highest BCUT2D eigenvalue weighted by Crippen LogP contribution is 2.35. The SMILES string of the molecule is Cc1cc(NC(CO)C2CCCCC2)c2cccc(OC(F)(F)F)c2n1. The second-order valence-corrected chi connectivity index (χ2v) is 6.84. The van der Waals surface area contributed by atoms with Crippen LogP contribution in [0.15, 0.2) is 24.3 Å². The first-order valence-electron chi connectivity index (χ1n) is 8.91. The van der Waals surface area contributed by atoms with Crippen LogP contribution in [0.4, 0.5) is 18.9 Å². The van der Waals surface area contributed by atoms with Gasteiger partial charge in [0.1, 0.15) is 5.52 Å². The lowest BCUT2D eigenvalue weighted by atomic mass is 9.84.